The van der Waals surface area contributed by atoms with Gasteiger partial charge in [0, 0.05) is 30.6 Å². The number of hydrogen-bond donors (Lipinski definition) is 1. The van der Waals surface area contributed by atoms with Crippen LogP contribution < -0.4 is 15.0 Å². The van der Waals surface area contributed by atoms with E-state index in [4.69, 9.17) is 4.74 Å². The summed E-state index contributed by atoms with van der Waals surface area (Å²) in [4.78, 5) is 22.5. The Labute approximate surface area is 160 Å². The van der Waals surface area contributed by atoms with E-state index in [2.05, 4.69) is 9.97 Å². The van der Waals surface area contributed by atoms with Crippen molar-refractivity contribution in [3.05, 3.63) is 36.7 Å². The highest BCUT2D eigenvalue weighted by Gasteiger charge is 2.31. The highest BCUT2D eigenvalue weighted by atomic mass is 19.4. The lowest BCUT2D eigenvalue weighted by Crippen LogP contribution is -2.43. The normalized spacial score (nSPS) is 15.4. The second-order valence-corrected chi connectivity index (χ2v) is 6.58. The molecule has 9 heteroatoms. The number of anilines is 1. The Morgan fingerprint density at radius 3 is 2.50 bits per heavy atom. The molecule has 1 saturated heterocycles. The summed E-state index contributed by atoms with van der Waals surface area (Å²) >= 11 is 0. The lowest BCUT2D eigenvalue weighted by molar-refractivity contribution is -0.141. The topological polar surface area (TPSA) is 67.3 Å². The first-order valence-electron chi connectivity index (χ1n) is 8.91. The van der Waals surface area contributed by atoms with Crippen molar-refractivity contribution in [2.75, 3.05) is 31.6 Å². The van der Waals surface area contributed by atoms with Crippen molar-refractivity contribution in [2.24, 2.45) is 5.92 Å². The number of nitrogens with zero attached hydrogens (tertiary/aromatic N) is 3. The molecular weight excluding hydrogens is 373 g/mol. The number of nitrogens with one attached hydrogen (secondary N) is 1. The van der Waals surface area contributed by atoms with Gasteiger partial charge in [-0.1, -0.05) is 0 Å². The van der Waals surface area contributed by atoms with Crippen molar-refractivity contribution in [3.8, 4) is 17.0 Å². The van der Waals surface area contributed by atoms with Crippen molar-refractivity contribution < 1.29 is 22.7 Å². The molecule has 0 atom stereocenters. The van der Waals surface area contributed by atoms with Crippen molar-refractivity contribution >= 4 is 11.7 Å². The number of carbonyl (C=O) groups is 1. The Morgan fingerprint density at radius 1 is 1.21 bits per heavy atom. The second-order valence-electron chi connectivity index (χ2n) is 6.58. The van der Waals surface area contributed by atoms with Gasteiger partial charge in [0.25, 0.3) is 0 Å². The summed E-state index contributed by atoms with van der Waals surface area (Å²) in [5.74, 6) is 0.527. The van der Waals surface area contributed by atoms with Gasteiger partial charge in [0.05, 0.1) is 12.8 Å². The van der Waals surface area contributed by atoms with Crippen LogP contribution in [0.4, 0.5) is 19.0 Å². The molecule has 2 heterocycles. The number of halogens is 3. The Morgan fingerprint density at radius 2 is 1.89 bits per heavy atom. The molecule has 0 bridgehead atoms. The Hall–Kier alpha value is -2.84. The van der Waals surface area contributed by atoms with Crippen molar-refractivity contribution in [3.63, 3.8) is 0 Å². The SMILES string of the molecule is COc1ccc(-c2cc(N3CCC(C(=O)NCC(F)(F)F)CC3)ncn2)cc1. The Kier molecular flexibility index (Phi) is 6.01. The fourth-order valence-corrected chi connectivity index (χ4v) is 3.14. The van der Waals surface area contributed by atoms with Crippen molar-refractivity contribution in [2.45, 2.75) is 19.0 Å². The number of methoxy groups -OCH3 is 1. The van der Waals surface area contributed by atoms with E-state index < -0.39 is 24.5 Å². The van der Waals surface area contributed by atoms with E-state index in [1.807, 2.05) is 40.5 Å². The quantitative estimate of drug-likeness (QED) is 0.844. The van der Waals surface area contributed by atoms with Gasteiger partial charge >= 0.3 is 6.18 Å². The largest absolute Gasteiger partial charge is 0.497 e. The molecular formula is C19H21F3N4O2. The lowest BCUT2D eigenvalue weighted by Gasteiger charge is -2.32. The van der Waals surface area contributed by atoms with E-state index in [1.54, 1.807) is 7.11 Å². The van der Waals surface area contributed by atoms with Gasteiger partial charge in [0.2, 0.25) is 5.91 Å². The van der Waals surface area contributed by atoms with E-state index in [-0.39, 0.29) is 0 Å². The molecule has 1 fully saturated rings. The maximum atomic E-state index is 12.2. The van der Waals surface area contributed by atoms with Gasteiger partial charge in [-0.2, -0.15) is 13.2 Å². The molecule has 28 heavy (non-hydrogen) atoms. The number of ether oxygens (including phenoxy) is 1. The fourth-order valence-electron chi connectivity index (χ4n) is 3.14. The van der Waals surface area contributed by atoms with Gasteiger partial charge in [0.1, 0.15) is 24.4 Å². The van der Waals surface area contributed by atoms with Crippen molar-refractivity contribution in [1.82, 2.24) is 15.3 Å². The molecule has 0 spiro atoms. The van der Waals surface area contributed by atoms with Crippen LogP contribution in [0.15, 0.2) is 36.7 Å². The molecule has 6 nitrogen and oxygen atoms in total. The molecule has 3 rings (SSSR count). The molecule has 1 aliphatic rings. The molecule has 2 aromatic rings. The zero-order valence-corrected chi connectivity index (χ0v) is 15.4. The predicted octanol–water partition coefficient (Wildman–Crippen LogP) is 3.05. The predicted molar refractivity (Wildman–Crippen MR) is 98.0 cm³/mol. The van der Waals surface area contributed by atoms with Crippen LogP contribution in [0, 0.1) is 5.92 Å². The number of piperidine rings is 1. The molecule has 0 unspecified atom stereocenters. The smallest absolute Gasteiger partial charge is 0.405 e. The van der Waals surface area contributed by atoms with Gasteiger partial charge in [-0.05, 0) is 37.1 Å². The van der Waals surface area contributed by atoms with Crippen LogP contribution in [0.5, 0.6) is 5.75 Å². The highest BCUT2D eigenvalue weighted by Crippen LogP contribution is 2.26. The van der Waals surface area contributed by atoms with Crippen LogP contribution in [0.25, 0.3) is 11.3 Å². The third-order valence-electron chi connectivity index (χ3n) is 4.69. The van der Waals surface area contributed by atoms with Gasteiger partial charge in [-0.3, -0.25) is 4.79 Å². The van der Waals surface area contributed by atoms with Gasteiger partial charge < -0.3 is 15.0 Å². The summed E-state index contributed by atoms with van der Waals surface area (Å²) in [7, 11) is 1.60. The van der Waals surface area contributed by atoms with E-state index >= 15 is 0 Å². The zero-order chi connectivity index (χ0) is 20.1. The maximum absolute atomic E-state index is 12.2. The highest BCUT2D eigenvalue weighted by molar-refractivity contribution is 5.79. The molecule has 1 aromatic heterocycles. The average Bonchev–Trinajstić information content (AvgIpc) is 2.72. The summed E-state index contributed by atoms with van der Waals surface area (Å²) in [6, 6.07) is 9.38. The van der Waals surface area contributed by atoms with Crippen LogP contribution in [-0.2, 0) is 4.79 Å². The van der Waals surface area contributed by atoms with E-state index in [1.165, 1.54) is 6.33 Å². The van der Waals surface area contributed by atoms with Crippen LogP contribution in [-0.4, -0.2) is 48.8 Å². The molecule has 1 aliphatic heterocycles. The first kappa shape index (κ1) is 19.9. The summed E-state index contributed by atoms with van der Waals surface area (Å²) in [5.41, 5.74) is 1.68. The minimum Gasteiger partial charge on any atom is -0.497 e. The standard InChI is InChI=1S/C19H21F3N4O2/c1-28-15-4-2-13(3-5-15)16-10-17(25-12-24-16)26-8-6-14(7-9-26)18(27)23-11-19(20,21)22/h2-5,10,12,14H,6-9,11H2,1H3,(H,23,27). The summed E-state index contributed by atoms with van der Waals surface area (Å²) in [6.07, 6.45) is -1.96. The van der Waals surface area contributed by atoms with Gasteiger partial charge in [-0.15, -0.1) is 0 Å². The lowest BCUT2D eigenvalue weighted by atomic mass is 9.96. The number of aromatic nitrogens is 2. The summed E-state index contributed by atoms with van der Waals surface area (Å²) < 4.78 is 41.9. The monoisotopic (exact) mass is 394 g/mol. The minimum absolute atomic E-state index is 0.415. The van der Waals surface area contributed by atoms with E-state index in [0.717, 1.165) is 22.8 Å². The van der Waals surface area contributed by atoms with Crippen LogP contribution in [0.1, 0.15) is 12.8 Å². The number of amides is 1. The van der Waals surface area contributed by atoms with Gasteiger partial charge in [-0.25, -0.2) is 9.97 Å². The summed E-state index contributed by atoms with van der Waals surface area (Å²) in [5, 5.41) is 1.97. The maximum Gasteiger partial charge on any atom is 0.405 e. The minimum atomic E-state index is -4.39. The number of hydrogen-bond acceptors (Lipinski definition) is 5. The molecule has 1 N–H and O–H groups in total. The van der Waals surface area contributed by atoms with E-state index in [0.29, 0.717) is 25.9 Å². The summed E-state index contributed by atoms with van der Waals surface area (Å²) in [6.45, 7) is -0.199. The number of alkyl halides is 3. The number of rotatable bonds is 5. The van der Waals surface area contributed by atoms with E-state index in [9.17, 15) is 18.0 Å². The fraction of sp³-hybridized carbons (Fsp3) is 0.421. The van der Waals surface area contributed by atoms with Crippen LogP contribution >= 0.6 is 0 Å². The third-order valence-corrected chi connectivity index (χ3v) is 4.69. The number of carbonyl (C=O) groups excluding carboxylic acids is 1. The Bertz CT molecular complexity index is 804. The molecule has 150 valence electrons. The first-order valence-corrected chi connectivity index (χ1v) is 8.91. The molecule has 0 aliphatic carbocycles. The van der Waals surface area contributed by atoms with Crippen LogP contribution in [0.3, 0.4) is 0 Å². The first-order chi connectivity index (χ1) is 13.4. The Balaban J connectivity index is 1.60. The van der Waals surface area contributed by atoms with Crippen LogP contribution in [0.2, 0.25) is 0 Å². The van der Waals surface area contributed by atoms with Crippen molar-refractivity contribution in [1.29, 1.82) is 0 Å². The average molecular weight is 394 g/mol. The number of benzene rings is 1. The molecule has 0 saturated carbocycles. The van der Waals surface area contributed by atoms with Gasteiger partial charge in [0.15, 0.2) is 0 Å². The molecule has 0 radical (unpaired) electrons. The molecule has 1 aromatic carbocycles. The third kappa shape index (κ3) is 5.11. The zero-order valence-electron chi connectivity index (χ0n) is 15.4. The second kappa shape index (κ2) is 8.45. The molecule has 1 amide bonds.